The van der Waals surface area contributed by atoms with E-state index in [1.807, 2.05) is 19.1 Å². The van der Waals surface area contributed by atoms with E-state index < -0.39 is 5.92 Å². The van der Waals surface area contributed by atoms with Gasteiger partial charge in [-0.1, -0.05) is 19.1 Å². The van der Waals surface area contributed by atoms with Gasteiger partial charge in [-0.05, 0) is 18.1 Å². The van der Waals surface area contributed by atoms with Gasteiger partial charge in [0.05, 0.1) is 13.1 Å². The number of rotatable bonds is 2. The maximum atomic E-state index is 12.6. The van der Waals surface area contributed by atoms with Crippen LogP contribution in [0.3, 0.4) is 0 Å². The molecule has 1 aliphatic rings. The van der Waals surface area contributed by atoms with E-state index in [2.05, 4.69) is 6.07 Å². The summed E-state index contributed by atoms with van der Waals surface area (Å²) in [4.78, 5) is 1.65. The number of benzene rings is 1. The molecule has 1 heterocycles. The predicted molar refractivity (Wildman–Crippen MR) is 51.8 cm³/mol. The summed E-state index contributed by atoms with van der Waals surface area (Å²) in [6.07, 6.45) is 0.923. The van der Waals surface area contributed by atoms with Crippen molar-refractivity contribution in [3.63, 3.8) is 0 Å². The molecule has 0 bridgehead atoms. The lowest BCUT2D eigenvalue weighted by Gasteiger charge is -2.40. The lowest BCUT2D eigenvalue weighted by atomic mass is 10.1. The van der Waals surface area contributed by atoms with E-state index in [1.165, 1.54) is 0 Å². The Morgan fingerprint density at radius 2 is 2.21 bits per heavy atom. The van der Waals surface area contributed by atoms with Crippen molar-refractivity contribution < 1.29 is 8.78 Å². The molecule has 14 heavy (non-hydrogen) atoms. The number of alkyl halides is 2. The fraction of sp³-hybridized carbons (Fsp3) is 0.455. The fourth-order valence-electron chi connectivity index (χ4n) is 1.58. The van der Waals surface area contributed by atoms with Crippen LogP contribution in [0.25, 0.3) is 0 Å². The van der Waals surface area contributed by atoms with E-state index in [1.54, 1.807) is 11.0 Å². The molecule has 1 nitrogen and oxygen atoms in total. The highest BCUT2D eigenvalue weighted by Gasteiger charge is 2.43. The summed E-state index contributed by atoms with van der Waals surface area (Å²) >= 11 is 0. The molecule has 1 fully saturated rings. The molecular weight excluding hydrogens is 184 g/mol. The first kappa shape index (κ1) is 9.44. The average molecular weight is 196 g/mol. The summed E-state index contributed by atoms with van der Waals surface area (Å²) in [6, 6.07) is 8.66. The minimum Gasteiger partial charge on any atom is -0.359 e. The molecule has 0 unspecified atom stereocenters. The van der Waals surface area contributed by atoms with Gasteiger partial charge in [0.1, 0.15) is 0 Å². The second-order valence-corrected chi connectivity index (χ2v) is 3.65. The molecule has 0 aromatic heterocycles. The van der Waals surface area contributed by atoms with Crippen molar-refractivity contribution in [2.45, 2.75) is 19.3 Å². The van der Waals surface area contributed by atoms with Crippen molar-refractivity contribution in [2.75, 3.05) is 18.0 Å². The fourth-order valence-corrected chi connectivity index (χ4v) is 1.58. The summed E-state index contributed by atoms with van der Waals surface area (Å²) in [5.74, 6) is -2.50. The van der Waals surface area contributed by atoms with Crippen LogP contribution < -0.4 is 4.90 Å². The molecule has 0 atom stereocenters. The number of aryl methyl sites for hydroxylation is 1. The van der Waals surface area contributed by atoms with Crippen LogP contribution >= 0.6 is 0 Å². The molecule has 0 saturated carbocycles. The van der Waals surface area contributed by atoms with Crippen molar-refractivity contribution in [3.05, 3.63) is 29.8 Å². The van der Waals surface area contributed by atoms with Crippen LogP contribution in [0, 0.1) is 6.07 Å². The van der Waals surface area contributed by atoms with Crippen molar-refractivity contribution in [3.8, 4) is 0 Å². The van der Waals surface area contributed by atoms with Gasteiger partial charge >= 0.3 is 0 Å². The molecule has 0 spiro atoms. The Morgan fingerprint density at radius 3 is 2.79 bits per heavy atom. The third-order valence-corrected chi connectivity index (χ3v) is 2.44. The number of nitrogens with zero attached hydrogens (tertiary/aromatic N) is 1. The van der Waals surface area contributed by atoms with Gasteiger partial charge < -0.3 is 4.90 Å². The monoisotopic (exact) mass is 196 g/mol. The number of hydrogen-bond acceptors (Lipinski definition) is 1. The van der Waals surface area contributed by atoms with Crippen LogP contribution in [0.5, 0.6) is 0 Å². The first-order chi connectivity index (χ1) is 6.61. The minimum atomic E-state index is -2.50. The van der Waals surface area contributed by atoms with Crippen LogP contribution in [0.2, 0.25) is 0 Å². The highest BCUT2D eigenvalue weighted by molar-refractivity contribution is 5.50. The first-order valence-corrected chi connectivity index (χ1v) is 4.74. The Hall–Kier alpha value is -1.12. The Kier molecular flexibility index (Phi) is 2.17. The van der Waals surface area contributed by atoms with Crippen molar-refractivity contribution in [1.29, 1.82) is 0 Å². The summed E-state index contributed by atoms with van der Waals surface area (Å²) in [6.45, 7) is 1.71. The molecule has 1 aromatic carbocycles. The predicted octanol–water partition coefficient (Wildman–Crippen LogP) is 2.50. The Labute approximate surface area is 82.3 Å². The van der Waals surface area contributed by atoms with Crippen LogP contribution in [-0.2, 0) is 6.42 Å². The van der Waals surface area contributed by atoms with E-state index in [-0.39, 0.29) is 13.1 Å². The van der Waals surface area contributed by atoms with E-state index in [0.29, 0.717) is 0 Å². The molecule has 1 aliphatic heterocycles. The SMILES string of the molecule is CCc1cc[c]c(N2CC(F)(F)C2)c1. The second-order valence-electron chi connectivity index (χ2n) is 3.65. The van der Waals surface area contributed by atoms with Gasteiger partial charge in [0.25, 0.3) is 5.92 Å². The summed E-state index contributed by atoms with van der Waals surface area (Å²) in [5.41, 5.74) is 1.95. The van der Waals surface area contributed by atoms with Gasteiger partial charge in [0, 0.05) is 11.8 Å². The van der Waals surface area contributed by atoms with Crippen molar-refractivity contribution >= 4 is 5.69 Å². The summed E-state index contributed by atoms with van der Waals surface area (Å²) < 4.78 is 25.2. The Morgan fingerprint density at radius 1 is 1.50 bits per heavy atom. The van der Waals surface area contributed by atoms with Crippen LogP contribution in [0.4, 0.5) is 14.5 Å². The molecule has 1 saturated heterocycles. The molecule has 1 aromatic rings. The van der Waals surface area contributed by atoms with Crippen molar-refractivity contribution in [1.82, 2.24) is 0 Å². The molecular formula is C11H12F2N. The van der Waals surface area contributed by atoms with E-state index in [9.17, 15) is 8.78 Å². The van der Waals surface area contributed by atoms with Crippen LogP contribution in [0.15, 0.2) is 18.2 Å². The smallest absolute Gasteiger partial charge is 0.282 e. The minimum absolute atomic E-state index is 0.170. The lowest BCUT2D eigenvalue weighted by Crippen LogP contribution is -2.56. The highest BCUT2D eigenvalue weighted by Crippen LogP contribution is 2.31. The third-order valence-electron chi connectivity index (χ3n) is 2.44. The average Bonchev–Trinajstić information content (AvgIpc) is 2.14. The maximum Gasteiger partial charge on any atom is 0.282 e. The third kappa shape index (κ3) is 1.72. The molecule has 0 amide bonds. The van der Waals surface area contributed by atoms with E-state index in [4.69, 9.17) is 0 Å². The van der Waals surface area contributed by atoms with E-state index in [0.717, 1.165) is 17.7 Å². The van der Waals surface area contributed by atoms with Gasteiger partial charge in [0.15, 0.2) is 0 Å². The molecule has 0 N–H and O–H groups in total. The number of hydrogen-bond donors (Lipinski definition) is 0. The topological polar surface area (TPSA) is 3.24 Å². The van der Waals surface area contributed by atoms with Gasteiger partial charge in [0.2, 0.25) is 0 Å². The van der Waals surface area contributed by atoms with E-state index >= 15 is 0 Å². The standard InChI is InChI=1S/C11H12F2N/c1-2-9-4-3-5-10(6-9)14-7-11(12,13)8-14/h3-4,6H,2,7-8H2,1H3. The summed E-state index contributed by atoms with van der Waals surface area (Å²) in [5, 5.41) is 0. The quantitative estimate of drug-likeness (QED) is 0.702. The summed E-state index contributed by atoms with van der Waals surface area (Å²) in [7, 11) is 0. The molecule has 3 heteroatoms. The van der Waals surface area contributed by atoms with Gasteiger partial charge in [-0.3, -0.25) is 0 Å². The second kappa shape index (κ2) is 3.23. The van der Waals surface area contributed by atoms with Crippen molar-refractivity contribution in [2.24, 2.45) is 0 Å². The zero-order valence-corrected chi connectivity index (χ0v) is 8.06. The lowest BCUT2D eigenvalue weighted by molar-refractivity contribution is -0.0262. The largest absolute Gasteiger partial charge is 0.359 e. The highest BCUT2D eigenvalue weighted by atomic mass is 19.3. The van der Waals surface area contributed by atoms with Crippen LogP contribution in [-0.4, -0.2) is 19.0 Å². The zero-order valence-electron chi connectivity index (χ0n) is 8.06. The maximum absolute atomic E-state index is 12.6. The normalized spacial score (nSPS) is 19.2. The Balaban J connectivity index is 2.11. The van der Waals surface area contributed by atoms with Gasteiger partial charge in [-0.15, -0.1) is 0 Å². The van der Waals surface area contributed by atoms with Gasteiger partial charge in [-0.25, -0.2) is 8.78 Å². The molecule has 1 radical (unpaired) electrons. The first-order valence-electron chi connectivity index (χ1n) is 4.74. The number of anilines is 1. The van der Waals surface area contributed by atoms with Gasteiger partial charge in [-0.2, -0.15) is 0 Å². The zero-order chi connectivity index (χ0) is 10.2. The Bertz CT molecular complexity index is 328. The molecule has 2 rings (SSSR count). The van der Waals surface area contributed by atoms with Crippen LogP contribution in [0.1, 0.15) is 12.5 Å². The number of halogens is 2. The molecule has 75 valence electrons. The molecule has 0 aliphatic carbocycles.